The maximum Gasteiger partial charge on any atom is 0.397 e. The van der Waals surface area contributed by atoms with Gasteiger partial charge in [-0.05, 0) is 30.3 Å². The van der Waals surface area contributed by atoms with E-state index in [9.17, 15) is 57.8 Å². The number of nitrogens with one attached hydrogen (secondary N) is 1. The lowest BCUT2D eigenvalue weighted by Gasteiger charge is -2.12. The van der Waals surface area contributed by atoms with Gasteiger partial charge in [-0.2, -0.15) is 30.4 Å². The highest BCUT2D eigenvalue weighted by Crippen LogP contribution is 2.35. The van der Waals surface area contributed by atoms with Crippen molar-refractivity contribution in [1.29, 1.82) is 0 Å². The number of hydrazone groups is 1. The molecule has 23 heteroatoms. The number of aromatic carboxylic acids is 1. The van der Waals surface area contributed by atoms with Gasteiger partial charge in [0.2, 0.25) is 5.84 Å². The molecule has 242 valence electrons. The number of azo groups is 1. The normalized spacial score (nSPS) is 13.2. The summed E-state index contributed by atoms with van der Waals surface area (Å²) in [6, 6.07) is 10.7. The number of hydrogen-bond acceptors (Lipinski definition) is 14. The topological polar surface area (TPSA) is 313 Å². The SMILES string of the molecule is O=C(O)c1ccc(S(=O)(=O)O)cc1N=NC(=NNc1cc(S(=O)(=O)CCOS(=O)(=O)O)cc(S(=O)(=O)O)c1O)c1ccccc1. The first-order valence-corrected chi connectivity index (χ1v) is 17.4. The van der Waals surface area contributed by atoms with Crippen LogP contribution in [0.2, 0.25) is 0 Å². The highest BCUT2D eigenvalue weighted by Gasteiger charge is 2.26. The van der Waals surface area contributed by atoms with Gasteiger partial charge in [0.25, 0.3) is 20.2 Å². The number of nitrogens with zero attached hydrogens (tertiary/aromatic N) is 3. The first kappa shape index (κ1) is 35.1. The molecule has 0 spiro atoms. The second-order valence-electron chi connectivity index (χ2n) is 8.43. The van der Waals surface area contributed by atoms with Gasteiger partial charge in [-0.15, -0.1) is 10.2 Å². The smallest absolute Gasteiger partial charge is 0.397 e. The Kier molecular flexibility index (Phi) is 10.4. The molecular weight excluding hydrogens is 689 g/mol. The third-order valence-corrected chi connectivity index (χ3v) is 9.17. The highest BCUT2D eigenvalue weighted by molar-refractivity contribution is 7.91. The molecule has 3 aromatic rings. The lowest BCUT2D eigenvalue weighted by molar-refractivity contribution is 0.0697. The Hall–Kier alpha value is -4.36. The second kappa shape index (κ2) is 13.3. The van der Waals surface area contributed by atoms with Crippen molar-refractivity contribution in [2.75, 3.05) is 17.8 Å². The maximum absolute atomic E-state index is 12.7. The number of hydrogen-bond donors (Lipinski definition) is 6. The first-order valence-electron chi connectivity index (χ1n) is 11.5. The van der Waals surface area contributed by atoms with E-state index in [4.69, 9.17) is 4.55 Å². The van der Waals surface area contributed by atoms with Crippen LogP contribution in [0.5, 0.6) is 5.75 Å². The molecule has 0 unspecified atom stereocenters. The predicted molar refractivity (Wildman–Crippen MR) is 152 cm³/mol. The van der Waals surface area contributed by atoms with E-state index in [1.165, 1.54) is 24.3 Å². The zero-order chi connectivity index (χ0) is 33.8. The average Bonchev–Trinajstić information content (AvgIpc) is 2.92. The van der Waals surface area contributed by atoms with Gasteiger partial charge in [0, 0.05) is 5.56 Å². The number of phenols is 1. The number of anilines is 1. The van der Waals surface area contributed by atoms with E-state index in [0.717, 1.165) is 12.1 Å². The van der Waals surface area contributed by atoms with Gasteiger partial charge in [0.1, 0.15) is 16.3 Å². The van der Waals surface area contributed by atoms with Gasteiger partial charge in [-0.25, -0.2) is 17.4 Å². The van der Waals surface area contributed by atoms with Gasteiger partial charge in [-0.1, -0.05) is 30.3 Å². The van der Waals surface area contributed by atoms with E-state index in [2.05, 4.69) is 24.9 Å². The number of rotatable bonds is 12. The maximum atomic E-state index is 12.7. The first-order chi connectivity index (χ1) is 20.7. The summed E-state index contributed by atoms with van der Waals surface area (Å²) in [5.74, 6) is -4.34. The zero-order valence-corrected chi connectivity index (χ0v) is 25.2. The van der Waals surface area contributed by atoms with Crippen LogP contribution in [0.15, 0.2) is 90.7 Å². The summed E-state index contributed by atoms with van der Waals surface area (Å²) < 4.78 is 125. The minimum atomic E-state index is -5.29. The molecule has 0 aromatic heterocycles. The van der Waals surface area contributed by atoms with Crippen molar-refractivity contribution in [3.63, 3.8) is 0 Å². The molecule has 0 saturated heterocycles. The third-order valence-electron chi connectivity index (χ3n) is 5.33. The Morgan fingerprint density at radius 1 is 0.822 bits per heavy atom. The monoisotopic (exact) mass is 708 g/mol. The molecule has 0 bridgehead atoms. The average molecular weight is 709 g/mol. The molecule has 0 atom stereocenters. The van der Waals surface area contributed by atoms with E-state index < -0.39 is 102 Å². The Bertz CT molecular complexity index is 2130. The van der Waals surface area contributed by atoms with Crippen LogP contribution in [0.4, 0.5) is 11.4 Å². The van der Waals surface area contributed by atoms with Crippen molar-refractivity contribution in [2.24, 2.45) is 15.3 Å². The van der Waals surface area contributed by atoms with Crippen LogP contribution in [0.25, 0.3) is 0 Å². The van der Waals surface area contributed by atoms with Crippen LogP contribution in [0.3, 0.4) is 0 Å². The summed E-state index contributed by atoms with van der Waals surface area (Å²) in [5.41, 5.74) is 0.425. The fourth-order valence-electron chi connectivity index (χ4n) is 3.29. The molecule has 0 aliphatic carbocycles. The molecular formula is C22H20N4O15S4. The summed E-state index contributed by atoms with van der Waals surface area (Å²) in [6.07, 6.45) is 0. The molecule has 3 rings (SSSR count). The summed E-state index contributed by atoms with van der Waals surface area (Å²) in [4.78, 5) is 8.71. The number of aromatic hydroxyl groups is 1. The van der Waals surface area contributed by atoms with Crippen molar-refractivity contribution in [1.82, 2.24) is 0 Å². The summed E-state index contributed by atoms with van der Waals surface area (Å²) >= 11 is 0. The van der Waals surface area contributed by atoms with Crippen molar-refractivity contribution in [2.45, 2.75) is 14.7 Å². The molecule has 0 radical (unpaired) electrons. The van der Waals surface area contributed by atoms with Gasteiger partial charge >= 0.3 is 16.4 Å². The van der Waals surface area contributed by atoms with Crippen LogP contribution < -0.4 is 5.43 Å². The number of sulfone groups is 1. The number of amidine groups is 1. The Morgan fingerprint density at radius 2 is 1.47 bits per heavy atom. The van der Waals surface area contributed by atoms with Crippen LogP contribution in [0, 0.1) is 0 Å². The van der Waals surface area contributed by atoms with Crippen LogP contribution in [-0.4, -0.2) is 81.7 Å². The summed E-state index contributed by atoms with van der Waals surface area (Å²) in [5, 5.41) is 31.3. The quantitative estimate of drug-likeness (QED) is 0.0389. The minimum absolute atomic E-state index is 0.136. The molecule has 19 nitrogen and oxygen atoms in total. The summed E-state index contributed by atoms with van der Waals surface area (Å²) in [7, 11) is -19.7. The molecule has 6 N–H and O–H groups in total. The van der Waals surface area contributed by atoms with Crippen molar-refractivity contribution < 1.29 is 66.5 Å². The summed E-state index contributed by atoms with van der Waals surface area (Å²) in [6.45, 7) is -1.10. The number of carbonyl (C=O) groups is 1. The van der Waals surface area contributed by atoms with Crippen LogP contribution >= 0.6 is 0 Å². The fraction of sp³-hybridized carbons (Fsp3) is 0.0909. The Labute approximate surface area is 254 Å². The predicted octanol–water partition coefficient (Wildman–Crippen LogP) is 1.73. The van der Waals surface area contributed by atoms with E-state index >= 15 is 0 Å². The van der Waals surface area contributed by atoms with Crippen LogP contribution in [-0.2, 0) is 44.7 Å². The van der Waals surface area contributed by atoms with E-state index in [-0.39, 0.29) is 5.56 Å². The third kappa shape index (κ3) is 9.56. The van der Waals surface area contributed by atoms with Gasteiger partial charge in [0.15, 0.2) is 15.6 Å². The number of carboxylic acid groups (broad SMARTS) is 1. The molecule has 0 amide bonds. The molecule has 0 heterocycles. The molecule has 0 aliphatic rings. The van der Waals surface area contributed by atoms with Gasteiger partial charge < -0.3 is 10.2 Å². The van der Waals surface area contributed by atoms with Gasteiger partial charge in [-0.3, -0.25) is 19.1 Å². The fourth-order valence-corrected chi connectivity index (χ4v) is 6.03. The molecule has 3 aromatic carbocycles. The second-order valence-corrected chi connectivity index (χ2v) is 14.4. The van der Waals surface area contributed by atoms with Gasteiger partial charge in [0.05, 0.1) is 27.7 Å². The Morgan fingerprint density at radius 3 is 2.02 bits per heavy atom. The highest BCUT2D eigenvalue weighted by atomic mass is 32.3. The van der Waals surface area contributed by atoms with Crippen molar-refractivity contribution >= 4 is 63.7 Å². The van der Waals surface area contributed by atoms with E-state index in [1.807, 2.05) is 0 Å². The largest absolute Gasteiger partial charge is 0.504 e. The lowest BCUT2D eigenvalue weighted by atomic mass is 10.2. The van der Waals surface area contributed by atoms with Crippen LogP contribution in [0.1, 0.15) is 15.9 Å². The molecule has 0 aliphatic heterocycles. The minimum Gasteiger partial charge on any atom is -0.504 e. The van der Waals surface area contributed by atoms with Crippen molar-refractivity contribution in [3.8, 4) is 5.75 Å². The number of benzene rings is 3. The molecule has 45 heavy (non-hydrogen) atoms. The lowest BCUT2D eigenvalue weighted by Crippen LogP contribution is -2.16. The van der Waals surface area contributed by atoms with E-state index in [1.54, 1.807) is 6.07 Å². The standard InChI is InChI=1S/C22H20N4O15S4/c27-20-18(11-15(12-19(20)44(35,36)37)42(30,31)9-8-41-45(38,39)40)24-26-21(13-4-2-1-3-5-13)25-23-17-10-14(43(32,33)34)6-7-16(17)22(28)29/h1-7,10-12,24,27H,8-9H2,(H,28,29)(H,32,33,34)(H,35,36,37)(H,38,39,40). The molecule has 0 saturated carbocycles. The number of carboxylic acids is 1. The Balaban J connectivity index is 2.15. The number of phenolic OH excluding ortho intramolecular Hbond substituents is 1. The van der Waals surface area contributed by atoms with E-state index in [0.29, 0.717) is 18.2 Å². The molecule has 0 fully saturated rings. The van der Waals surface area contributed by atoms with Crippen molar-refractivity contribution in [3.05, 3.63) is 71.8 Å². The zero-order valence-electron chi connectivity index (χ0n) is 22.0.